The van der Waals surface area contributed by atoms with Crippen molar-refractivity contribution in [2.45, 2.75) is 13.8 Å². The van der Waals surface area contributed by atoms with Crippen LogP contribution in [-0.2, 0) is 4.79 Å². The van der Waals surface area contributed by atoms with Gasteiger partial charge < -0.3 is 15.1 Å². The predicted octanol–water partition coefficient (Wildman–Crippen LogP) is 2.85. The molecule has 24 heavy (non-hydrogen) atoms. The fourth-order valence-corrected chi connectivity index (χ4v) is 2.86. The van der Waals surface area contributed by atoms with E-state index < -0.39 is 0 Å². The van der Waals surface area contributed by atoms with Crippen LogP contribution in [-0.4, -0.2) is 47.0 Å². The number of aromatic nitrogens is 2. The molecule has 3 rings (SSSR count). The summed E-state index contributed by atoms with van der Waals surface area (Å²) >= 11 is 6.05. The van der Waals surface area contributed by atoms with Crippen molar-refractivity contribution in [1.82, 2.24) is 14.9 Å². The summed E-state index contributed by atoms with van der Waals surface area (Å²) in [6, 6.07) is 7.56. The summed E-state index contributed by atoms with van der Waals surface area (Å²) in [4.78, 5) is 24.3. The Kier molecular flexibility index (Phi) is 4.85. The van der Waals surface area contributed by atoms with Gasteiger partial charge in [-0.25, -0.2) is 4.98 Å². The second kappa shape index (κ2) is 7.05. The third-order valence-electron chi connectivity index (χ3n) is 4.14. The van der Waals surface area contributed by atoms with Crippen molar-refractivity contribution < 1.29 is 4.79 Å². The van der Waals surface area contributed by atoms with Crippen LogP contribution in [0, 0.1) is 6.92 Å². The van der Waals surface area contributed by atoms with Crippen molar-refractivity contribution >= 4 is 35.0 Å². The molecule has 0 radical (unpaired) electrons. The van der Waals surface area contributed by atoms with Gasteiger partial charge in [-0.1, -0.05) is 17.7 Å². The first-order chi connectivity index (χ1) is 11.5. The lowest BCUT2D eigenvalue weighted by atomic mass is 10.2. The number of aryl methyl sites for hydroxylation is 1. The van der Waals surface area contributed by atoms with E-state index in [2.05, 4.69) is 20.2 Å². The molecular formula is C17H20ClN5O. The number of piperazine rings is 1. The van der Waals surface area contributed by atoms with Gasteiger partial charge in [0.1, 0.15) is 5.82 Å². The zero-order valence-corrected chi connectivity index (χ0v) is 14.5. The van der Waals surface area contributed by atoms with Crippen LogP contribution < -0.4 is 10.2 Å². The van der Waals surface area contributed by atoms with Gasteiger partial charge in [-0.15, -0.1) is 0 Å². The van der Waals surface area contributed by atoms with Crippen molar-refractivity contribution in [1.29, 1.82) is 0 Å². The number of rotatable bonds is 3. The van der Waals surface area contributed by atoms with E-state index in [1.807, 2.05) is 36.1 Å². The van der Waals surface area contributed by atoms with E-state index in [9.17, 15) is 4.79 Å². The van der Waals surface area contributed by atoms with E-state index in [1.165, 1.54) is 0 Å². The Morgan fingerprint density at radius 3 is 2.67 bits per heavy atom. The van der Waals surface area contributed by atoms with E-state index in [1.54, 1.807) is 13.1 Å². The molecule has 1 aromatic carbocycles. The Bertz CT molecular complexity index is 744. The Hall–Kier alpha value is -2.34. The molecule has 0 spiro atoms. The largest absolute Gasteiger partial charge is 0.353 e. The average Bonchev–Trinajstić information content (AvgIpc) is 2.58. The lowest BCUT2D eigenvalue weighted by Crippen LogP contribution is -2.48. The molecule has 0 atom stereocenters. The van der Waals surface area contributed by atoms with E-state index in [4.69, 9.17) is 11.6 Å². The van der Waals surface area contributed by atoms with E-state index >= 15 is 0 Å². The minimum Gasteiger partial charge on any atom is -0.353 e. The predicted molar refractivity (Wildman–Crippen MR) is 96.0 cm³/mol. The monoisotopic (exact) mass is 345 g/mol. The summed E-state index contributed by atoms with van der Waals surface area (Å²) < 4.78 is 0. The number of amides is 1. The first-order valence-electron chi connectivity index (χ1n) is 7.89. The van der Waals surface area contributed by atoms with Crippen LogP contribution in [0.25, 0.3) is 0 Å². The van der Waals surface area contributed by atoms with Crippen molar-refractivity contribution in [3.63, 3.8) is 0 Å². The summed E-state index contributed by atoms with van der Waals surface area (Å²) in [6.07, 6.45) is 1.74. The molecule has 6 nitrogen and oxygen atoms in total. The number of carbonyl (C=O) groups is 1. The van der Waals surface area contributed by atoms with Crippen molar-refractivity contribution in [2.75, 3.05) is 36.4 Å². The molecule has 1 aliphatic rings. The Morgan fingerprint density at radius 1 is 1.21 bits per heavy atom. The molecule has 0 bridgehead atoms. The highest BCUT2D eigenvalue weighted by atomic mass is 35.5. The molecule has 0 unspecified atom stereocenters. The van der Waals surface area contributed by atoms with Crippen LogP contribution in [0.3, 0.4) is 0 Å². The van der Waals surface area contributed by atoms with Gasteiger partial charge in [0.15, 0.2) is 0 Å². The number of carbonyl (C=O) groups excluding carboxylic acids is 1. The van der Waals surface area contributed by atoms with Crippen molar-refractivity contribution in [3.8, 4) is 0 Å². The Labute approximate surface area is 146 Å². The molecule has 1 aliphatic heterocycles. The van der Waals surface area contributed by atoms with Gasteiger partial charge in [0.2, 0.25) is 11.9 Å². The lowest BCUT2D eigenvalue weighted by Gasteiger charge is -2.34. The fraction of sp³-hybridized carbons (Fsp3) is 0.353. The normalized spacial score (nSPS) is 14.6. The van der Waals surface area contributed by atoms with Crippen LogP contribution >= 0.6 is 11.6 Å². The second-order valence-corrected chi connectivity index (χ2v) is 6.25. The number of anilines is 3. The molecule has 126 valence electrons. The molecule has 1 N–H and O–H groups in total. The summed E-state index contributed by atoms with van der Waals surface area (Å²) in [5.41, 5.74) is 1.96. The first kappa shape index (κ1) is 16.5. The highest BCUT2D eigenvalue weighted by Gasteiger charge is 2.19. The molecule has 1 saturated heterocycles. The van der Waals surface area contributed by atoms with Crippen LogP contribution in [0.2, 0.25) is 5.02 Å². The van der Waals surface area contributed by atoms with E-state index in [0.717, 1.165) is 43.2 Å². The summed E-state index contributed by atoms with van der Waals surface area (Å²) in [6.45, 7) is 6.59. The highest BCUT2D eigenvalue weighted by molar-refractivity contribution is 6.30. The average molecular weight is 346 g/mol. The Balaban J connectivity index is 1.73. The van der Waals surface area contributed by atoms with E-state index in [0.29, 0.717) is 11.0 Å². The second-order valence-electron chi connectivity index (χ2n) is 5.82. The van der Waals surface area contributed by atoms with E-state index in [-0.39, 0.29) is 5.91 Å². The number of nitrogens with zero attached hydrogens (tertiary/aromatic N) is 4. The van der Waals surface area contributed by atoms with Crippen LogP contribution in [0.5, 0.6) is 0 Å². The zero-order valence-electron chi connectivity index (χ0n) is 13.8. The van der Waals surface area contributed by atoms with Gasteiger partial charge in [0, 0.05) is 50.0 Å². The molecule has 1 fully saturated rings. The summed E-state index contributed by atoms with van der Waals surface area (Å²) in [7, 11) is 0. The number of nitrogens with one attached hydrogen (secondary N) is 1. The number of halogens is 1. The van der Waals surface area contributed by atoms with Crippen LogP contribution in [0.4, 0.5) is 17.5 Å². The third kappa shape index (κ3) is 3.76. The molecule has 2 aromatic rings. The fourth-order valence-electron chi connectivity index (χ4n) is 2.69. The molecule has 1 amide bonds. The molecule has 2 heterocycles. The van der Waals surface area contributed by atoms with Crippen LogP contribution in [0.15, 0.2) is 30.5 Å². The topological polar surface area (TPSA) is 61.4 Å². The minimum atomic E-state index is 0.121. The summed E-state index contributed by atoms with van der Waals surface area (Å²) in [5, 5.41) is 3.89. The first-order valence-corrected chi connectivity index (χ1v) is 8.27. The van der Waals surface area contributed by atoms with Gasteiger partial charge in [-0.05, 0) is 30.7 Å². The van der Waals surface area contributed by atoms with Gasteiger partial charge in [-0.3, -0.25) is 4.79 Å². The smallest absolute Gasteiger partial charge is 0.229 e. The maximum Gasteiger partial charge on any atom is 0.229 e. The molecule has 0 aliphatic carbocycles. The third-order valence-corrected chi connectivity index (χ3v) is 4.37. The van der Waals surface area contributed by atoms with Crippen LogP contribution in [0.1, 0.15) is 12.5 Å². The molecular weight excluding hydrogens is 326 g/mol. The van der Waals surface area contributed by atoms with Gasteiger partial charge in [-0.2, -0.15) is 4.98 Å². The number of benzene rings is 1. The van der Waals surface area contributed by atoms with Gasteiger partial charge in [0.25, 0.3) is 0 Å². The maximum atomic E-state index is 11.4. The number of hydrogen-bond acceptors (Lipinski definition) is 5. The zero-order chi connectivity index (χ0) is 17.1. The van der Waals surface area contributed by atoms with Crippen molar-refractivity contribution in [2.24, 2.45) is 0 Å². The quantitative estimate of drug-likeness (QED) is 0.926. The lowest BCUT2D eigenvalue weighted by molar-refractivity contribution is -0.129. The molecule has 7 heteroatoms. The van der Waals surface area contributed by atoms with Gasteiger partial charge in [0.05, 0.1) is 0 Å². The maximum absolute atomic E-state index is 11.4. The highest BCUT2D eigenvalue weighted by Crippen LogP contribution is 2.23. The molecule has 1 aromatic heterocycles. The van der Waals surface area contributed by atoms with Crippen molar-refractivity contribution in [3.05, 3.63) is 41.0 Å². The SMILES string of the molecule is CC(=O)N1CCN(c2ccnc(Nc3cc(Cl)ccc3C)n2)CC1. The number of hydrogen-bond donors (Lipinski definition) is 1. The summed E-state index contributed by atoms with van der Waals surface area (Å²) in [5.74, 6) is 1.51. The molecule has 0 saturated carbocycles. The minimum absolute atomic E-state index is 0.121. The van der Waals surface area contributed by atoms with Gasteiger partial charge >= 0.3 is 0 Å². The standard InChI is InChI=1S/C17H20ClN5O/c1-12-3-4-14(18)11-15(12)20-17-19-6-5-16(21-17)23-9-7-22(8-10-23)13(2)24/h3-6,11H,7-10H2,1-2H3,(H,19,20,21). The Morgan fingerprint density at radius 2 is 1.96 bits per heavy atom.